The Kier molecular flexibility index (Phi) is 2.32. The third kappa shape index (κ3) is 1.78. The molecular formula is C10H9N2O2S. The van der Waals surface area contributed by atoms with Gasteiger partial charge in [-0.15, -0.1) is 0 Å². The molecule has 15 heavy (non-hydrogen) atoms. The quantitative estimate of drug-likeness (QED) is 0.766. The van der Waals surface area contributed by atoms with E-state index in [0.29, 0.717) is 0 Å². The van der Waals surface area contributed by atoms with Crippen LogP contribution in [0.2, 0.25) is 0 Å². The minimum atomic E-state index is -3.49. The summed E-state index contributed by atoms with van der Waals surface area (Å²) in [5.74, 6) is 0. The molecule has 0 bridgehead atoms. The average Bonchev–Trinajstić information content (AvgIpc) is 2.71. The predicted molar refractivity (Wildman–Crippen MR) is 54.8 cm³/mol. The lowest BCUT2D eigenvalue weighted by atomic mass is 10.2. The monoisotopic (exact) mass is 221 g/mol. The van der Waals surface area contributed by atoms with E-state index in [1.54, 1.807) is 24.3 Å². The molecule has 0 aliphatic rings. The molecule has 2 aromatic rings. The fraction of sp³-hybridized carbons (Fsp3) is 0.100. The molecule has 5 heteroatoms. The van der Waals surface area contributed by atoms with E-state index in [2.05, 4.69) is 11.2 Å². The van der Waals surface area contributed by atoms with Crippen molar-refractivity contribution in [1.29, 1.82) is 0 Å². The van der Waals surface area contributed by atoms with Gasteiger partial charge in [0, 0.05) is 0 Å². The Bertz CT molecular complexity index is 542. The second-order valence-corrected chi connectivity index (χ2v) is 4.99. The van der Waals surface area contributed by atoms with Crippen LogP contribution in [-0.4, -0.2) is 17.4 Å². The zero-order chi connectivity index (χ0) is 10.9. The average molecular weight is 221 g/mol. The lowest BCUT2D eigenvalue weighted by Crippen LogP contribution is -2.10. The Hall–Kier alpha value is -1.62. The molecule has 77 valence electrons. The molecule has 1 aromatic carbocycles. The molecule has 0 saturated carbocycles. The molecule has 0 unspecified atom stereocenters. The molecule has 0 aliphatic heterocycles. The fourth-order valence-corrected chi connectivity index (χ4v) is 2.26. The highest BCUT2D eigenvalue weighted by atomic mass is 32.2. The van der Waals surface area contributed by atoms with Gasteiger partial charge in [-0.05, 0) is 19.1 Å². The van der Waals surface area contributed by atoms with Gasteiger partial charge in [0.2, 0.25) is 0 Å². The molecule has 4 nitrogen and oxygen atoms in total. The number of aromatic nitrogens is 2. The maximum absolute atomic E-state index is 11.9. The van der Waals surface area contributed by atoms with Crippen LogP contribution in [0.25, 0.3) is 0 Å². The number of benzene rings is 1. The summed E-state index contributed by atoms with van der Waals surface area (Å²) in [6.45, 7) is 1.90. The SMILES string of the molecule is Cc1ccc(S(=O)(=O)n2c[c]nc2)cc1. The summed E-state index contributed by atoms with van der Waals surface area (Å²) in [4.78, 5) is 3.84. The van der Waals surface area contributed by atoms with Crippen molar-refractivity contribution in [3.63, 3.8) is 0 Å². The van der Waals surface area contributed by atoms with Crippen LogP contribution in [0.15, 0.2) is 41.7 Å². The summed E-state index contributed by atoms with van der Waals surface area (Å²) in [7, 11) is -3.49. The first-order valence-corrected chi connectivity index (χ1v) is 5.77. The van der Waals surface area contributed by atoms with Crippen molar-refractivity contribution in [2.75, 3.05) is 0 Å². The van der Waals surface area contributed by atoms with Gasteiger partial charge in [-0.2, -0.15) is 0 Å². The van der Waals surface area contributed by atoms with E-state index in [1.165, 1.54) is 12.5 Å². The Morgan fingerprint density at radius 3 is 2.47 bits per heavy atom. The van der Waals surface area contributed by atoms with Crippen LogP contribution in [0.5, 0.6) is 0 Å². The molecule has 0 spiro atoms. The topological polar surface area (TPSA) is 52.0 Å². The second-order valence-electron chi connectivity index (χ2n) is 3.15. The molecule has 1 heterocycles. The van der Waals surface area contributed by atoms with Crippen molar-refractivity contribution < 1.29 is 8.42 Å². The van der Waals surface area contributed by atoms with E-state index in [9.17, 15) is 8.42 Å². The fourth-order valence-electron chi connectivity index (χ4n) is 1.18. The van der Waals surface area contributed by atoms with Crippen molar-refractivity contribution in [2.45, 2.75) is 11.8 Å². The van der Waals surface area contributed by atoms with Crippen LogP contribution in [0.1, 0.15) is 5.56 Å². The van der Waals surface area contributed by atoms with E-state index >= 15 is 0 Å². The number of hydrogen-bond acceptors (Lipinski definition) is 3. The maximum Gasteiger partial charge on any atom is 0.268 e. The molecule has 0 aliphatic carbocycles. The summed E-state index contributed by atoms with van der Waals surface area (Å²) in [5, 5.41) is 0. The molecule has 0 saturated heterocycles. The van der Waals surface area contributed by atoms with E-state index in [4.69, 9.17) is 0 Å². The number of hydrogen-bond donors (Lipinski definition) is 0. The van der Waals surface area contributed by atoms with Gasteiger partial charge in [0.25, 0.3) is 10.0 Å². The zero-order valence-electron chi connectivity index (χ0n) is 8.08. The lowest BCUT2D eigenvalue weighted by molar-refractivity contribution is 0.587. The van der Waals surface area contributed by atoms with Gasteiger partial charge < -0.3 is 0 Å². The van der Waals surface area contributed by atoms with Crippen LogP contribution in [0.3, 0.4) is 0 Å². The predicted octanol–water partition coefficient (Wildman–Crippen LogP) is 1.23. The lowest BCUT2D eigenvalue weighted by Gasteiger charge is -2.04. The summed E-state index contributed by atoms with van der Waals surface area (Å²) >= 11 is 0. The van der Waals surface area contributed by atoms with Gasteiger partial charge in [-0.3, -0.25) is 0 Å². The minimum absolute atomic E-state index is 0.250. The number of aryl methyl sites for hydroxylation is 1. The normalized spacial score (nSPS) is 11.5. The summed E-state index contributed by atoms with van der Waals surface area (Å²) in [6.07, 6.45) is 4.96. The highest BCUT2D eigenvalue weighted by molar-refractivity contribution is 7.90. The zero-order valence-corrected chi connectivity index (χ0v) is 8.90. The molecule has 1 aromatic heterocycles. The van der Waals surface area contributed by atoms with E-state index < -0.39 is 10.0 Å². The smallest absolute Gasteiger partial charge is 0.234 e. The van der Waals surface area contributed by atoms with Gasteiger partial charge in [-0.1, -0.05) is 17.7 Å². The first-order chi connectivity index (χ1) is 7.10. The largest absolute Gasteiger partial charge is 0.268 e. The Morgan fingerprint density at radius 2 is 1.93 bits per heavy atom. The van der Waals surface area contributed by atoms with Gasteiger partial charge >= 0.3 is 0 Å². The molecular weight excluding hydrogens is 212 g/mol. The van der Waals surface area contributed by atoms with Crippen molar-refractivity contribution in [2.24, 2.45) is 0 Å². The third-order valence-corrected chi connectivity index (χ3v) is 3.65. The van der Waals surface area contributed by atoms with Crippen LogP contribution < -0.4 is 0 Å². The van der Waals surface area contributed by atoms with Gasteiger partial charge in [0.1, 0.15) is 12.5 Å². The van der Waals surface area contributed by atoms with Crippen LogP contribution >= 0.6 is 0 Å². The Labute approximate surface area is 88.3 Å². The summed E-state index contributed by atoms with van der Waals surface area (Å²) in [6, 6.07) is 6.66. The Balaban J connectivity index is 2.52. The van der Waals surface area contributed by atoms with Crippen molar-refractivity contribution in [3.8, 4) is 0 Å². The summed E-state index contributed by atoms with van der Waals surface area (Å²) in [5.41, 5.74) is 1.02. The first kappa shape index (κ1) is 9.92. The molecule has 2 rings (SSSR count). The molecule has 0 amide bonds. The third-order valence-electron chi connectivity index (χ3n) is 2.03. The Morgan fingerprint density at radius 1 is 1.27 bits per heavy atom. The van der Waals surface area contributed by atoms with Crippen LogP contribution in [0.4, 0.5) is 0 Å². The maximum atomic E-state index is 11.9. The van der Waals surface area contributed by atoms with Crippen LogP contribution in [-0.2, 0) is 10.0 Å². The number of rotatable bonds is 2. The van der Waals surface area contributed by atoms with Gasteiger partial charge in [0.05, 0.1) is 11.1 Å². The molecule has 0 fully saturated rings. The van der Waals surface area contributed by atoms with Crippen LogP contribution in [0, 0.1) is 13.1 Å². The summed E-state index contributed by atoms with van der Waals surface area (Å²) < 4.78 is 24.9. The molecule has 1 radical (unpaired) electrons. The highest BCUT2D eigenvalue weighted by Gasteiger charge is 2.15. The number of imidazole rings is 1. The van der Waals surface area contributed by atoms with Crippen molar-refractivity contribution in [1.82, 2.24) is 8.96 Å². The standard InChI is InChI=1S/C10H9N2O2S/c1-9-2-4-10(5-3-9)15(13,14)12-7-6-11-8-12/h2-5,7-8H,1H3. The van der Waals surface area contributed by atoms with Crippen molar-refractivity contribution in [3.05, 3.63) is 48.5 Å². The minimum Gasteiger partial charge on any atom is -0.234 e. The van der Waals surface area contributed by atoms with E-state index in [0.717, 1.165) is 9.54 Å². The first-order valence-electron chi connectivity index (χ1n) is 4.33. The van der Waals surface area contributed by atoms with Gasteiger partial charge in [-0.25, -0.2) is 17.4 Å². The molecule has 0 N–H and O–H groups in total. The number of nitrogens with zero attached hydrogens (tertiary/aromatic N) is 2. The van der Waals surface area contributed by atoms with Gasteiger partial charge in [0.15, 0.2) is 0 Å². The highest BCUT2D eigenvalue weighted by Crippen LogP contribution is 2.13. The second kappa shape index (κ2) is 3.51. The molecule has 0 atom stereocenters. The van der Waals surface area contributed by atoms with E-state index in [1.807, 2.05) is 6.92 Å². The van der Waals surface area contributed by atoms with E-state index in [-0.39, 0.29) is 4.90 Å². The van der Waals surface area contributed by atoms with Crippen molar-refractivity contribution >= 4 is 10.0 Å².